The van der Waals surface area contributed by atoms with Crippen LogP contribution < -0.4 is 62.2 Å². The van der Waals surface area contributed by atoms with Crippen molar-refractivity contribution in [3.05, 3.63) is 29.8 Å². The van der Waals surface area contributed by atoms with Gasteiger partial charge < -0.3 is 15.6 Å². The second-order valence-corrected chi connectivity index (χ2v) is 1.87. The number of benzene rings is 1. The average Bonchev–Trinajstić information content (AvgIpc) is 1.88. The van der Waals surface area contributed by atoms with E-state index in [9.17, 15) is 9.90 Å². The average molecular weight is 175 g/mol. The molecule has 0 bridgehead atoms. The van der Waals surface area contributed by atoms with Gasteiger partial charge in [-0.3, -0.25) is 0 Å². The Labute approximate surface area is 107 Å². The van der Waals surface area contributed by atoms with Gasteiger partial charge in [0.2, 0.25) is 0 Å². The van der Waals surface area contributed by atoms with Gasteiger partial charge in [0, 0.05) is 11.3 Å². The predicted molar refractivity (Wildman–Crippen MR) is 35.2 cm³/mol. The van der Waals surface area contributed by atoms with E-state index < -0.39 is 5.97 Å². The van der Waals surface area contributed by atoms with Crippen molar-refractivity contribution in [3.8, 4) is 0 Å². The maximum Gasteiger partial charge on any atom is 1.00 e. The molecule has 0 fully saturated rings. The third kappa shape index (κ3) is 2.92. The number of para-hydroxylation sites is 1. The van der Waals surface area contributed by atoms with Crippen molar-refractivity contribution in [1.82, 2.24) is 0 Å². The Kier molecular flexibility index (Phi) is 4.95. The molecule has 0 saturated carbocycles. The van der Waals surface area contributed by atoms with Crippen molar-refractivity contribution in [3.63, 3.8) is 0 Å². The van der Waals surface area contributed by atoms with Crippen LogP contribution in [-0.2, 0) is 0 Å². The Morgan fingerprint density at radius 3 is 2.27 bits per heavy atom. The van der Waals surface area contributed by atoms with Crippen molar-refractivity contribution in [2.24, 2.45) is 0 Å². The molecule has 52 valence electrons. The number of anilines is 1. The molecule has 0 radical (unpaired) electrons. The van der Waals surface area contributed by atoms with Crippen LogP contribution in [0.2, 0.25) is 0 Å². The van der Waals surface area contributed by atoms with E-state index in [1.165, 1.54) is 12.1 Å². The van der Waals surface area contributed by atoms with Gasteiger partial charge in [0.15, 0.2) is 0 Å². The summed E-state index contributed by atoms with van der Waals surface area (Å²) in [7, 11) is 0. The van der Waals surface area contributed by atoms with Crippen molar-refractivity contribution in [2.75, 3.05) is 5.73 Å². The molecule has 4 heteroatoms. The molecule has 0 aliphatic heterocycles. The molecule has 0 atom stereocenters. The zero-order chi connectivity index (χ0) is 7.56. The molecule has 0 aromatic heterocycles. The molecule has 0 spiro atoms. The van der Waals surface area contributed by atoms with Crippen LogP contribution in [0.1, 0.15) is 10.4 Å². The minimum Gasteiger partial charge on any atom is -0.545 e. The quantitative estimate of drug-likeness (QED) is 0.358. The summed E-state index contributed by atoms with van der Waals surface area (Å²) in [4.78, 5) is 10.2. The van der Waals surface area contributed by atoms with Gasteiger partial charge in [-0.2, -0.15) is 0 Å². The number of carbonyl (C=O) groups is 1. The molecule has 0 saturated heterocycles. The Morgan fingerprint density at radius 1 is 1.36 bits per heavy atom. The van der Waals surface area contributed by atoms with E-state index in [1.807, 2.05) is 0 Å². The second kappa shape index (κ2) is 4.90. The van der Waals surface area contributed by atoms with Crippen LogP contribution in [0.4, 0.5) is 5.69 Å². The Hall–Kier alpha value is 0.126. The number of carboxylic acids is 1. The molecule has 1 rings (SSSR count). The van der Waals surface area contributed by atoms with E-state index in [0.717, 1.165) is 0 Å². The summed E-state index contributed by atoms with van der Waals surface area (Å²) in [6.07, 6.45) is 0. The molecule has 2 N–H and O–H groups in total. The van der Waals surface area contributed by atoms with E-state index in [0.29, 0.717) is 0 Å². The Morgan fingerprint density at radius 2 is 1.91 bits per heavy atom. The number of carboxylic acid groups (broad SMARTS) is 1. The van der Waals surface area contributed by atoms with E-state index in [4.69, 9.17) is 5.73 Å². The van der Waals surface area contributed by atoms with Crippen LogP contribution in [0.3, 0.4) is 0 Å². The van der Waals surface area contributed by atoms with E-state index in [2.05, 4.69) is 0 Å². The predicted octanol–water partition coefficient (Wildman–Crippen LogP) is -3.36. The van der Waals surface area contributed by atoms with Crippen LogP contribution in [0.15, 0.2) is 24.3 Å². The van der Waals surface area contributed by atoms with Gasteiger partial charge in [-0.15, -0.1) is 0 Å². The SMILES string of the molecule is Nc1ccccc1C(=O)[O-].[K+]. The van der Waals surface area contributed by atoms with Crippen LogP contribution in [0, 0.1) is 0 Å². The summed E-state index contributed by atoms with van der Waals surface area (Å²) in [6, 6.07) is 6.19. The van der Waals surface area contributed by atoms with Crippen LogP contribution >= 0.6 is 0 Å². The van der Waals surface area contributed by atoms with Crippen molar-refractivity contribution >= 4 is 11.7 Å². The van der Waals surface area contributed by atoms with Gasteiger partial charge in [0.05, 0.1) is 5.97 Å². The summed E-state index contributed by atoms with van der Waals surface area (Å²) >= 11 is 0. The van der Waals surface area contributed by atoms with Crippen molar-refractivity contribution < 1.29 is 61.3 Å². The first-order chi connectivity index (χ1) is 4.72. The maximum atomic E-state index is 10.2. The number of aromatic carboxylic acids is 1. The number of nitrogen functional groups attached to an aromatic ring is 1. The van der Waals surface area contributed by atoms with Gasteiger partial charge in [-0.1, -0.05) is 18.2 Å². The first kappa shape index (κ1) is 11.1. The summed E-state index contributed by atoms with van der Waals surface area (Å²) in [5.74, 6) is -1.24. The minimum absolute atomic E-state index is 0. The van der Waals surface area contributed by atoms with Gasteiger partial charge >= 0.3 is 51.4 Å². The maximum absolute atomic E-state index is 10.2. The first-order valence-corrected chi connectivity index (χ1v) is 2.77. The number of hydrogen-bond donors (Lipinski definition) is 1. The summed E-state index contributed by atoms with van der Waals surface area (Å²) < 4.78 is 0. The molecular weight excluding hydrogens is 169 g/mol. The molecule has 0 heterocycles. The summed E-state index contributed by atoms with van der Waals surface area (Å²) in [5.41, 5.74) is 5.58. The zero-order valence-electron chi connectivity index (χ0n) is 6.20. The summed E-state index contributed by atoms with van der Waals surface area (Å²) in [6.45, 7) is 0. The van der Waals surface area contributed by atoms with Gasteiger partial charge in [0.25, 0.3) is 0 Å². The topological polar surface area (TPSA) is 66.2 Å². The largest absolute Gasteiger partial charge is 1.00 e. The van der Waals surface area contributed by atoms with Gasteiger partial charge in [0.1, 0.15) is 0 Å². The third-order valence-corrected chi connectivity index (χ3v) is 1.18. The number of hydrogen-bond acceptors (Lipinski definition) is 3. The number of rotatable bonds is 1. The zero-order valence-corrected chi connectivity index (χ0v) is 9.33. The molecule has 11 heavy (non-hydrogen) atoms. The first-order valence-electron chi connectivity index (χ1n) is 2.77. The summed E-state index contributed by atoms with van der Waals surface area (Å²) in [5, 5.41) is 10.2. The number of carbonyl (C=O) groups excluding carboxylic acids is 1. The molecule has 0 aliphatic rings. The Balaban J connectivity index is 0.000001000. The minimum atomic E-state index is -1.24. The standard InChI is InChI=1S/C7H7NO2.K/c8-6-4-2-1-3-5(6)7(9)10;/h1-4H,8H2,(H,9,10);/q;+1/p-1. The molecule has 1 aromatic rings. The molecule has 0 aliphatic carbocycles. The van der Waals surface area contributed by atoms with Crippen LogP contribution in [0.25, 0.3) is 0 Å². The fourth-order valence-corrected chi connectivity index (χ4v) is 0.683. The molecular formula is C7H6KNO2. The molecule has 0 unspecified atom stereocenters. The smallest absolute Gasteiger partial charge is 0.545 e. The van der Waals surface area contributed by atoms with E-state index in [1.54, 1.807) is 12.1 Å². The van der Waals surface area contributed by atoms with Crippen LogP contribution in [0.5, 0.6) is 0 Å². The number of nitrogens with two attached hydrogens (primary N) is 1. The molecule has 3 nitrogen and oxygen atoms in total. The second-order valence-electron chi connectivity index (χ2n) is 1.87. The normalized spacial score (nSPS) is 8.36. The molecule has 0 amide bonds. The Bertz CT molecular complexity index is 262. The van der Waals surface area contributed by atoms with Crippen LogP contribution in [-0.4, -0.2) is 5.97 Å². The molecule has 1 aromatic carbocycles. The van der Waals surface area contributed by atoms with Crippen molar-refractivity contribution in [1.29, 1.82) is 0 Å². The van der Waals surface area contributed by atoms with E-state index >= 15 is 0 Å². The fourth-order valence-electron chi connectivity index (χ4n) is 0.683. The van der Waals surface area contributed by atoms with Gasteiger partial charge in [-0.25, -0.2) is 0 Å². The monoisotopic (exact) mass is 175 g/mol. The van der Waals surface area contributed by atoms with Gasteiger partial charge in [-0.05, 0) is 6.07 Å². The third-order valence-electron chi connectivity index (χ3n) is 1.18. The van der Waals surface area contributed by atoms with E-state index in [-0.39, 0.29) is 62.6 Å². The fraction of sp³-hybridized carbons (Fsp3) is 0. The van der Waals surface area contributed by atoms with Crippen molar-refractivity contribution in [2.45, 2.75) is 0 Å².